The number of piperidine rings is 1. The SMILES string of the molecule is CCCS(=O)(=O)N1CC[C@H]2[C@H](C[C@@H](Cn3cncn3)N2C)C1. The third kappa shape index (κ3) is 3.04. The van der Waals surface area contributed by atoms with E-state index >= 15 is 0 Å². The molecular formula is C14H25N5O2S. The number of likely N-dealkylation sites (tertiary alicyclic amines) is 1. The molecular weight excluding hydrogens is 302 g/mol. The highest BCUT2D eigenvalue weighted by atomic mass is 32.2. The van der Waals surface area contributed by atoms with Crippen LogP contribution in [0.5, 0.6) is 0 Å². The smallest absolute Gasteiger partial charge is 0.214 e. The Morgan fingerprint density at radius 2 is 2.18 bits per heavy atom. The molecule has 0 aliphatic carbocycles. The van der Waals surface area contributed by atoms with Gasteiger partial charge in [0.2, 0.25) is 10.0 Å². The molecule has 0 radical (unpaired) electrons. The van der Waals surface area contributed by atoms with Gasteiger partial charge in [-0.1, -0.05) is 6.92 Å². The van der Waals surface area contributed by atoms with Gasteiger partial charge in [-0.25, -0.2) is 17.7 Å². The van der Waals surface area contributed by atoms with Gasteiger partial charge in [0.15, 0.2) is 0 Å². The monoisotopic (exact) mass is 327 g/mol. The summed E-state index contributed by atoms with van der Waals surface area (Å²) in [6, 6.07) is 0.895. The third-order valence-electron chi connectivity index (χ3n) is 5.05. The van der Waals surface area contributed by atoms with Crippen LogP contribution in [0.15, 0.2) is 12.7 Å². The summed E-state index contributed by atoms with van der Waals surface area (Å²) in [5.74, 6) is 0.696. The number of nitrogens with zero attached hydrogens (tertiary/aromatic N) is 5. The van der Waals surface area contributed by atoms with E-state index in [0.29, 0.717) is 37.5 Å². The highest BCUT2D eigenvalue weighted by Gasteiger charge is 2.44. The molecule has 1 aromatic rings. The molecule has 0 aromatic carbocycles. The molecule has 0 saturated carbocycles. The molecule has 0 spiro atoms. The summed E-state index contributed by atoms with van der Waals surface area (Å²) in [6.07, 6.45) is 5.94. The quantitative estimate of drug-likeness (QED) is 0.783. The predicted molar refractivity (Wildman–Crippen MR) is 83.7 cm³/mol. The molecule has 1 aromatic heterocycles. The van der Waals surface area contributed by atoms with Crippen LogP contribution in [-0.4, -0.2) is 70.4 Å². The number of likely N-dealkylation sites (N-methyl/N-ethyl adjacent to an activating group) is 1. The van der Waals surface area contributed by atoms with Crippen LogP contribution >= 0.6 is 0 Å². The van der Waals surface area contributed by atoms with E-state index in [4.69, 9.17) is 0 Å². The standard InChI is InChI=1S/C14H25N5O2S/c1-3-6-22(20,21)19-5-4-14-12(8-19)7-13(17(14)2)9-18-11-15-10-16-18/h10-14H,3-9H2,1-2H3/t12-,13+,14+/m1/s1. The minimum absolute atomic E-state index is 0.266. The van der Waals surface area contributed by atoms with Gasteiger partial charge < -0.3 is 0 Å². The van der Waals surface area contributed by atoms with Crippen LogP contribution in [0.2, 0.25) is 0 Å². The first-order chi connectivity index (χ1) is 10.5. The summed E-state index contributed by atoms with van der Waals surface area (Å²) in [5.41, 5.74) is 0. The van der Waals surface area contributed by atoms with Gasteiger partial charge in [-0.3, -0.25) is 9.58 Å². The molecule has 8 heteroatoms. The van der Waals surface area contributed by atoms with Crippen molar-refractivity contribution in [2.75, 3.05) is 25.9 Å². The first-order valence-corrected chi connectivity index (χ1v) is 9.64. The van der Waals surface area contributed by atoms with Crippen molar-refractivity contribution in [3.63, 3.8) is 0 Å². The van der Waals surface area contributed by atoms with Crippen molar-refractivity contribution in [3.8, 4) is 0 Å². The molecule has 0 bridgehead atoms. The summed E-state index contributed by atoms with van der Waals surface area (Å²) >= 11 is 0. The molecule has 2 saturated heterocycles. The summed E-state index contributed by atoms with van der Waals surface area (Å²) in [6.45, 7) is 4.07. The van der Waals surface area contributed by atoms with Gasteiger partial charge in [-0.05, 0) is 32.2 Å². The maximum absolute atomic E-state index is 12.3. The van der Waals surface area contributed by atoms with Crippen LogP contribution in [0.3, 0.4) is 0 Å². The molecule has 22 heavy (non-hydrogen) atoms. The Morgan fingerprint density at radius 3 is 2.86 bits per heavy atom. The fourth-order valence-electron chi connectivity index (χ4n) is 3.93. The molecule has 3 atom stereocenters. The van der Waals surface area contributed by atoms with E-state index in [0.717, 1.165) is 19.4 Å². The van der Waals surface area contributed by atoms with E-state index < -0.39 is 10.0 Å². The lowest BCUT2D eigenvalue weighted by Crippen LogP contribution is -2.48. The van der Waals surface area contributed by atoms with E-state index in [1.165, 1.54) is 0 Å². The molecule has 124 valence electrons. The second-order valence-corrected chi connectivity index (χ2v) is 8.55. The van der Waals surface area contributed by atoms with Crippen molar-refractivity contribution in [1.82, 2.24) is 24.0 Å². The van der Waals surface area contributed by atoms with Crippen LogP contribution in [0, 0.1) is 5.92 Å². The summed E-state index contributed by atoms with van der Waals surface area (Å²) in [7, 11) is -0.914. The fraction of sp³-hybridized carbons (Fsp3) is 0.857. The number of hydrogen-bond donors (Lipinski definition) is 0. The van der Waals surface area contributed by atoms with E-state index in [1.807, 2.05) is 11.6 Å². The Hall–Kier alpha value is -0.990. The summed E-state index contributed by atoms with van der Waals surface area (Å²) < 4.78 is 28.1. The Kier molecular flexibility index (Phi) is 4.52. The average molecular weight is 327 g/mol. The van der Waals surface area contributed by atoms with Crippen molar-refractivity contribution in [3.05, 3.63) is 12.7 Å². The Bertz CT molecular complexity index is 588. The number of aromatic nitrogens is 3. The van der Waals surface area contributed by atoms with Gasteiger partial charge >= 0.3 is 0 Å². The molecule has 2 aliphatic heterocycles. The van der Waals surface area contributed by atoms with Gasteiger partial charge in [0, 0.05) is 25.2 Å². The molecule has 3 heterocycles. The van der Waals surface area contributed by atoms with Crippen molar-refractivity contribution < 1.29 is 8.42 Å². The topological polar surface area (TPSA) is 71.3 Å². The second kappa shape index (κ2) is 6.25. The van der Waals surface area contributed by atoms with Crippen LogP contribution in [0.4, 0.5) is 0 Å². The van der Waals surface area contributed by atoms with Gasteiger partial charge in [0.1, 0.15) is 12.7 Å². The van der Waals surface area contributed by atoms with Crippen LogP contribution < -0.4 is 0 Å². The van der Waals surface area contributed by atoms with Crippen molar-refractivity contribution in [2.45, 2.75) is 44.8 Å². The summed E-state index contributed by atoms with van der Waals surface area (Å²) in [4.78, 5) is 6.40. The molecule has 7 nitrogen and oxygen atoms in total. The zero-order chi connectivity index (χ0) is 15.7. The zero-order valence-corrected chi connectivity index (χ0v) is 14.1. The third-order valence-corrected chi connectivity index (χ3v) is 7.09. The van der Waals surface area contributed by atoms with Gasteiger partial charge in [-0.2, -0.15) is 5.10 Å². The molecule has 0 unspecified atom stereocenters. The molecule has 2 fully saturated rings. The largest absolute Gasteiger partial charge is 0.298 e. The Morgan fingerprint density at radius 1 is 1.36 bits per heavy atom. The molecule has 0 amide bonds. The maximum Gasteiger partial charge on any atom is 0.214 e. The fourth-order valence-corrected chi connectivity index (χ4v) is 5.50. The van der Waals surface area contributed by atoms with Gasteiger partial charge in [0.05, 0.1) is 12.3 Å². The van der Waals surface area contributed by atoms with E-state index in [9.17, 15) is 8.42 Å². The normalized spacial score (nSPS) is 30.5. The van der Waals surface area contributed by atoms with Gasteiger partial charge in [0.25, 0.3) is 0 Å². The first-order valence-electron chi connectivity index (χ1n) is 8.03. The van der Waals surface area contributed by atoms with Crippen LogP contribution in [0.25, 0.3) is 0 Å². The average Bonchev–Trinajstić information content (AvgIpc) is 3.08. The lowest BCUT2D eigenvalue weighted by molar-refractivity contribution is 0.155. The number of hydrogen-bond acceptors (Lipinski definition) is 5. The molecule has 3 rings (SSSR count). The number of sulfonamides is 1. The number of rotatable bonds is 5. The predicted octanol–water partition coefficient (Wildman–Crippen LogP) is 0.413. The first kappa shape index (κ1) is 15.9. The summed E-state index contributed by atoms with van der Waals surface area (Å²) in [5, 5.41) is 4.18. The van der Waals surface area contributed by atoms with Crippen LogP contribution in [-0.2, 0) is 16.6 Å². The van der Waals surface area contributed by atoms with E-state index in [-0.39, 0.29) is 5.75 Å². The Balaban J connectivity index is 1.66. The molecule has 2 aliphatic rings. The van der Waals surface area contributed by atoms with Crippen molar-refractivity contribution >= 4 is 10.0 Å². The lowest BCUT2D eigenvalue weighted by atomic mass is 9.93. The molecule has 0 N–H and O–H groups in total. The second-order valence-electron chi connectivity index (χ2n) is 6.46. The number of fused-ring (bicyclic) bond motifs is 1. The van der Waals surface area contributed by atoms with Crippen molar-refractivity contribution in [2.24, 2.45) is 5.92 Å². The minimum Gasteiger partial charge on any atom is -0.298 e. The van der Waals surface area contributed by atoms with Crippen molar-refractivity contribution in [1.29, 1.82) is 0 Å². The Labute approximate surface area is 132 Å². The van der Waals surface area contributed by atoms with E-state index in [1.54, 1.807) is 17.0 Å². The highest BCUT2D eigenvalue weighted by molar-refractivity contribution is 7.89. The van der Waals surface area contributed by atoms with Crippen LogP contribution in [0.1, 0.15) is 26.2 Å². The van der Waals surface area contributed by atoms with Gasteiger partial charge in [-0.15, -0.1) is 0 Å². The lowest BCUT2D eigenvalue weighted by Gasteiger charge is -2.36. The highest BCUT2D eigenvalue weighted by Crippen LogP contribution is 2.35. The minimum atomic E-state index is -3.07. The zero-order valence-electron chi connectivity index (χ0n) is 13.3. The maximum atomic E-state index is 12.3. The van der Waals surface area contributed by atoms with E-state index in [2.05, 4.69) is 22.0 Å².